The molecule has 0 bridgehead atoms. The molecule has 0 aliphatic carbocycles. The van der Waals surface area contributed by atoms with Crippen LogP contribution in [0.4, 0.5) is 11.4 Å². The van der Waals surface area contributed by atoms with Gasteiger partial charge in [0, 0.05) is 6.07 Å². The molecule has 0 aromatic heterocycles. The molecular formula is C20H26N2O6S. The van der Waals surface area contributed by atoms with Crippen LogP contribution in [-0.4, -0.2) is 48.0 Å². The van der Waals surface area contributed by atoms with E-state index in [0.29, 0.717) is 22.9 Å². The SMILES string of the molecule is COc1ccc(OC)c(N([C@H](C)C(=O)Nc2cc(C)ccc2OC)S(C)(=O)=O)c1. The Morgan fingerprint density at radius 3 is 2.17 bits per heavy atom. The molecule has 2 aromatic rings. The number of amides is 1. The van der Waals surface area contributed by atoms with Crippen molar-refractivity contribution in [3.8, 4) is 17.2 Å². The zero-order chi connectivity index (χ0) is 21.8. The summed E-state index contributed by atoms with van der Waals surface area (Å²) >= 11 is 0. The van der Waals surface area contributed by atoms with Gasteiger partial charge in [0.15, 0.2) is 0 Å². The highest BCUT2D eigenvalue weighted by atomic mass is 32.2. The van der Waals surface area contributed by atoms with E-state index >= 15 is 0 Å². The van der Waals surface area contributed by atoms with E-state index in [4.69, 9.17) is 14.2 Å². The van der Waals surface area contributed by atoms with E-state index in [2.05, 4.69) is 5.32 Å². The number of carbonyl (C=O) groups is 1. The summed E-state index contributed by atoms with van der Waals surface area (Å²) < 4.78 is 42.0. The lowest BCUT2D eigenvalue weighted by Gasteiger charge is -2.29. The minimum Gasteiger partial charge on any atom is -0.497 e. The zero-order valence-electron chi connectivity index (χ0n) is 17.3. The molecule has 1 N–H and O–H groups in total. The maximum atomic E-state index is 13.0. The Balaban J connectivity index is 2.47. The van der Waals surface area contributed by atoms with E-state index in [0.717, 1.165) is 16.1 Å². The molecule has 0 aliphatic rings. The molecule has 0 spiro atoms. The Bertz CT molecular complexity index is 990. The molecule has 158 valence electrons. The molecule has 2 rings (SSSR count). The second-order valence-electron chi connectivity index (χ2n) is 6.47. The molecule has 1 atom stereocenters. The highest BCUT2D eigenvalue weighted by Crippen LogP contribution is 2.35. The monoisotopic (exact) mass is 422 g/mol. The molecule has 8 nitrogen and oxygen atoms in total. The number of carbonyl (C=O) groups excluding carboxylic acids is 1. The van der Waals surface area contributed by atoms with Gasteiger partial charge in [-0.15, -0.1) is 0 Å². The van der Waals surface area contributed by atoms with Crippen LogP contribution < -0.4 is 23.8 Å². The normalized spacial score (nSPS) is 12.1. The van der Waals surface area contributed by atoms with E-state index in [1.54, 1.807) is 24.3 Å². The van der Waals surface area contributed by atoms with Crippen molar-refractivity contribution < 1.29 is 27.4 Å². The van der Waals surface area contributed by atoms with Crippen LogP contribution in [0.15, 0.2) is 36.4 Å². The fraction of sp³-hybridized carbons (Fsp3) is 0.350. The molecule has 2 aromatic carbocycles. The van der Waals surface area contributed by atoms with Crippen LogP contribution in [0.25, 0.3) is 0 Å². The third kappa shape index (κ3) is 5.11. The Morgan fingerprint density at radius 1 is 1.00 bits per heavy atom. The molecule has 9 heteroatoms. The van der Waals surface area contributed by atoms with Crippen molar-refractivity contribution in [2.75, 3.05) is 37.2 Å². The van der Waals surface area contributed by atoms with Crippen molar-refractivity contribution >= 4 is 27.3 Å². The molecule has 1 amide bonds. The van der Waals surface area contributed by atoms with E-state index in [1.807, 2.05) is 13.0 Å². The van der Waals surface area contributed by atoms with Crippen molar-refractivity contribution in [2.24, 2.45) is 0 Å². The second kappa shape index (κ2) is 9.04. The van der Waals surface area contributed by atoms with Crippen molar-refractivity contribution in [3.05, 3.63) is 42.0 Å². The summed E-state index contributed by atoms with van der Waals surface area (Å²) in [4.78, 5) is 13.0. The lowest BCUT2D eigenvalue weighted by atomic mass is 10.2. The van der Waals surface area contributed by atoms with Crippen molar-refractivity contribution in [1.82, 2.24) is 0 Å². The average Bonchev–Trinajstić information content (AvgIpc) is 2.67. The first kappa shape index (κ1) is 22.4. The minimum atomic E-state index is -3.83. The van der Waals surface area contributed by atoms with Gasteiger partial charge in [0.1, 0.15) is 23.3 Å². The summed E-state index contributed by atoms with van der Waals surface area (Å²) in [5.74, 6) is 0.677. The number of hydrogen-bond donors (Lipinski definition) is 1. The van der Waals surface area contributed by atoms with E-state index in [9.17, 15) is 13.2 Å². The van der Waals surface area contributed by atoms with Gasteiger partial charge in [0.2, 0.25) is 15.9 Å². The lowest BCUT2D eigenvalue weighted by molar-refractivity contribution is -0.116. The summed E-state index contributed by atoms with van der Waals surface area (Å²) in [5, 5.41) is 2.75. The summed E-state index contributed by atoms with van der Waals surface area (Å²) in [6, 6.07) is 9.00. The van der Waals surface area contributed by atoms with E-state index < -0.39 is 22.0 Å². The molecule has 29 heavy (non-hydrogen) atoms. The van der Waals surface area contributed by atoms with Gasteiger partial charge in [0.05, 0.1) is 39.0 Å². The van der Waals surface area contributed by atoms with Crippen molar-refractivity contribution in [3.63, 3.8) is 0 Å². The van der Waals surface area contributed by atoms with Crippen LogP contribution in [0.1, 0.15) is 12.5 Å². The Hall–Kier alpha value is -2.94. The van der Waals surface area contributed by atoms with Crippen molar-refractivity contribution in [1.29, 1.82) is 0 Å². The maximum absolute atomic E-state index is 13.0. The van der Waals surface area contributed by atoms with Gasteiger partial charge >= 0.3 is 0 Å². The second-order valence-corrected chi connectivity index (χ2v) is 8.32. The van der Waals surface area contributed by atoms with E-state index in [1.165, 1.54) is 34.3 Å². The molecular weight excluding hydrogens is 396 g/mol. The summed E-state index contributed by atoms with van der Waals surface area (Å²) in [5.41, 5.74) is 1.58. The van der Waals surface area contributed by atoms with Crippen LogP contribution in [-0.2, 0) is 14.8 Å². The maximum Gasteiger partial charge on any atom is 0.248 e. The number of sulfonamides is 1. The predicted octanol–water partition coefficient (Wildman–Crippen LogP) is 2.81. The lowest BCUT2D eigenvalue weighted by Crippen LogP contribution is -2.45. The number of anilines is 2. The third-order valence-corrected chi connectivity index (χ3v) is 5.55. The molecule has 0 saturated heterocycles. The fourth-order valence-corrected chi connectivity index (χ4v) is 4.08. The molecule has 0 unspecified atom stereocenters. The first-order valence-corrected chi connectivity index (χ1v) is 10.6. The minimum absolute atomic E-state index is 0.202. The number of aryl methyl sites for hydroxylation is 1. The van der Waals surface area contributed by atoms with Gasteiger partial charge in [-0.25, -0.2) is 8.42 Å². The van der Waals surface area contributed by atoms with Crippen LogP contribution in [0.5, 0.6) is 17.2 Å². The smallest absolute Gasteiger partial charge is 0.248 e. The predicted molar refractivity (Wildman–Crippen MR) is 113 cm³/mol. The summed E-state index contributed by atoms with van der Waals surface area (Å²) in [6.07, 6.45) is 1.03. The number of hydrogen-bond acceptors (Lipinski definition) is 6. The van der Waals surface area contributed by atoms with Crippen LogP contribution in [0.3, 0.4) is 0 Å². The molecule has 0 fully saturated rings. The molecule has 0 heterocycles. The van der Waals surface area contributed by atoms with Gasteiger partial charge in [-0.1, -0.05) is 6.07 Å². The largest absolute Gasteiger partial charge is 0.497 e. The molecule has 0 saturated carbocycles. The number of nitrogens with zero attached hydrogens (tertiary/aromatic N) is 1. The van der Waals surface area contributed by atoms with Gasteiger partial charge in [-0.05, 0) is 43.7 Å². The third-order valence-electron chi connectivity index (χ3n) is 4.32. The Labute approximate surface area is 171 Å². The Kier molecular flexibility index (Phi) is 6.97. The number of methoxy groups -OCH3 is 3. The number of rotatable bonds is 8. The van der Waals surface area contributed by atoms with Crippen LogP contribution in [0, 0.1) is 6.92 Å². The Morgan fingerprint density at radius 2 is 1.62 bits per heavy atom. The fourth-order valence-electron chi connectivity index (χ4n) is 2.91. The topological polar surface area (TPSA) is 94.2 Å². The van der Waals surface area contributed by atoms with Gasteiger partial charge in [0.25, 0.3) is 0 Å². The molecule has 0 aliphatic heterocycles. The molecule has 0 radical (unpaired) electrons. The van der Waals surface area contributed by atoms with Gasteiger partial charge < -0.3 is 19.5 Å². The van der Waals surface area contributed by atoms with Crippen LogP contribution in [0.2, 0.25) is 0 Å². The highest BCUT2D eigenvalue weighted by molar-refractivity contribution is 7.92. The van der Waals surface area contributed by atoms with E-state index in [-0.39, 0.29) is 5.69 Å². The summed E-state index contributed by atoms with van der Waals surface area (Å²) in [6.45, 7) is 3.38. The standard InChI is InChI=1S/C20H26N2O6S/c1-13-7-9-18(27-4)16(11-13)21-20(23)14(2)22(29(6,24)25)17-12-15(26-3)8-10-19(17)28-5/h7-12,14H,1-6H3,(H,21,23)/t14-/m1/s1. The van der Waals surface area contributed by atoms with Crippen LogP contribution >= 0.6 is 0 Å². The average molecular weight is 423 g/mol. The number of nitrogens with one attached hydrogen (secondary N) is 1. The highest BCUT2D eigenvalue weighted by Gasteiger charge is 2.32. The van der Waals surface area contributed by atoms with Gasteiger partial charge in [-0.2, -0.15) is 0 Å². The number of benzene rings is 2. The quantitative estimate of drug-likeness (QED) is 0.703. The first-order valence-electron chi connectivity index (χ1n) is 8.79. The first-order chi connectivity index (χ1) is 13.6. The zero-order valence-corrected chi connectivity index (χ0v) is 18.2. The number of ether oxygens (including phenoxy) is 3. The summed E-state index contributed by atoms with van der Waals surface area (Å²) in [7, 11) is 0.557. The van der Waals surface area contributed by atoms with Crippen molar-refractivity contribution in [2.45, 2.75) is 19.9 Å². The van der Waals surface area contributed by atoms with Gasteiger partial charge in [-0.3, -0.25) is 9.10 Å².